The number of pyridine rings is 1. The molecule has 130 valence electrons. The number of carbonyl (C=O) groups is 2. The highest BCUT2D eigenvalue weighted by Gasteiger charge is 2.25. The third kappa shape index (κ3) is 3.63. The predicted molar refractivity (Wildman–Crippen MR) is 93.8 cm³/mol. The number of benzene rings is 1. The molecule has 1 saturated heterocycles. The maximum absolute atomic E-state index is 12.7. The number of hydrogen-bond donors (Lipinski definition) is 0. The fourth-order valence-corrected chi connectivity index (χ4v) is 2.98. The second kappa shape index (κ2) is 7.34. The number of methoxy groups -OCH3 is 1. The van der Waals surface area contributed by atoms with Crippen LogP contribution in [0.4, 0.5) is 0 Å². The first-order chi connectivity index (χ1) is 12.1. The Hall–Kier alpha value is -2.89. The van der Waals surface area contributed by atoms with E-state index in [0.29, 0.717) is 37.3 Å². The van der Waals surface area contributed by atoms with Gasteiger partial charge in [-0.3, -0.25) is 14.6 Å². The van der Waals surface area contributed by atoms with Crippen LogP contribution in [0.3, 0.4) is 0 Å². The van der Waals surface area contributed by atoms with Gasteiger partial charge in [-0.25, -0.2) is 0 Å². The van der Waals surface area contributed by atoms with Gasteiger partial charge in [0, 0.05) is 49.7 Å². The van der Waals surface area contributed by atoms with Crippen molar-refractivity contribution in [3.63, 3.8) is 0 Å². The van der Waals surface area contributed by atoms with Crippen LogP contribution in [0.15, 0.2) is 42.7 Å². The molecule has 2 heterocycles. The van der Waals surface area contributed by atoms with Crippen molar-refractivity contribution >= 4 is 11.8 Å². The van der Waals surface area contributed by atoms with Gasteiger partial charge in [0.1, 0.15) is 5.75 Å². The fourth-order valence-electron chi connectivity index (χ4n) is 2.98. The van der Waals surface area contributed by atoms with Gasteiger partial charge in [-0.05, 0) is 42.8 Å². The summed E-state index contributed by atoms with van der Waals surface area (Å²) in [5, 5.41) is 0. The topological polar surface area (TPSA) is 62.7 Å². The van der Waals surface area contributed by atoms with E-state index in [1.165, 1.54) is 0 Å². The number of aryl methyl sites for hydroxylation is 1. The fraction of sp³-hybridized carbons (Fsp3) is 0.316. The van der Waals surface area contributed by atoms with Crippen LogP contribution in [-0.4, -0.2) is 59.9 Å². The number of carbonyl (C=O) groups excluding carboxylic acids is 2. The summed E-state index contributed by atoms with van der Waals surface area (Å²) in [5.74, 6) is 0.737. The van der Waals surface area contributed by atoms with Gasteiger partial charge in [0.25, 0.3) is 11.8 Å². The number of ether oxygens (including phenoxy) is 1. The Labute approximate surface area is 147 Å². The third-order valence-corrected chi connectivity index (χ3v) is 4.42. The molecule has 0 bridgehead atoms. The Balaban J connectivity index is 1.63. The lowest BCUT2D eigenvalue weighted by molar-refractivity contribution is 0.0535. The van der Waals surface area contributed by atoms with E-state index in [1.807, 2.05) is 19.1 Å². The number of rotatable bonds is 3. The zero-order valence-corrected chi connectivity index (χ0v) is 14.4. The lowest BCUT2D eigenvalue weighted by atomic mass is 10.1. The van der Waals surface area contributed by atoms with Crippen LogP contribution >= 0.6 is 0 Å². The van der Waals surface area contributed by atoms with E-state index in [1.54, 1.807) is 47.5 Å². The number of nitrogens with zero attached hydrogens (tertiary/aromatic N) is 3. The summed E-state index contributed by atoms with van der Waals surface area (Å²) in [5.41, 5.74) is 2.20. The second-order valence-corrected chi connectivity index (χ2v) is 6.00. The van der Waals surface area contributed by atoms with Crippen LogP contribution in [0.5, 0.6) is 5.75 Å². The molecular formula is C19H21N3O3. The quantitative estimate of drug-likeness (QED) is 0.858. The molecule has 0 unspecified atom stereocenters. The van der Waals surface area contributed by atoms with Gasteiger partial charge < -0.3 is 14.5 Å². The van der Waals surface area contributed by atoms with Crippen molar-refractivity contribution in [1.29, 1.82) is 0 Å². The average Bonchev–Trinajstić information content (AvgIpc) is 2.67. The largest absolute Gasteiger partial charge is 0.496 e. The first-order valence-electron chi connectivity index (χ1n) is 8.23. The van der Waals surface area contributed by atoms with E-state index < -0.39 is 0 Å². The van der Waals surface area contributed by atoms with Gasteiger partial charge in [0.2, 0.25) is 0 Å². The molecule has 0 aliphatic carbocycles. The van der Waals surface area contributed by atoms with Crippen LogP contribution in [0.25, 0.3) is 0 Å². The SMILES string of the molecule is COc1ccc(C(=O)N2CCN(C(=O)c3ccncc3)CC2)cc1C. The molecule has 3 rings (SSSR count). The number of piperazine rings is 1. The van der Waals surface area contributed by atoms with Crippen LogP contribution in [0.1, 0.15) is 26.3 Å². The summed E-state index contributed by atoms with van der Waals surface area (Å²) < 4.78 is 5.23. The first-order valence-corrected chi connectivity index (χ1v) is 8.23. The van der Waals surface area contributed by atoms with E-state index in [0.717, 1.165) is 11.3 Å². The Kier molecular flexibility index (Phi) is 4.97. The molecule has 1 aromatic carbocycles. The monoisotopic (exact) mass is 339 g/mol. The van der Waals surface area contributed by atoms with Gasteiger partial charge in [0.15, 0.2) is 0 Å². The van der Waals surface area contributed by atoms with Crippen LogP contribution in [0.2, 0.25) is 0 Å². The molecule has 1 fully saturated rings. The summed E-state index contributed by atoms with van der Waals surface area (Å²) in [4.78, 5) is 32.6. The molecule has 0 N–H and O–H groups in total. The van der Waals surface area contributed by atoms with Crippen LogP contribution < -0.4 is 4.74 Å². The Morgan fingerprint density at radius 3 is 2.00 bits per heavy atom. The Bertz CT molecular complexity index is 769. The van der Waals surface area contributed by atoms with E-state index in [2.05, 4.69) is 4.98 Å². The average molecular weight is 339 g/mol. The zero-order chi connectivity index (χ0) is 17.8. The molecule has 6 heteroatoms. The number of amides is 2. The van der Waals surface area contributed by atoms with Crippen molar-refractivity contribution in [2.24, 2.45) is 0 Å². The predicted octanol–water partition coefficient (Wildman–Crippen LogP) is 2.00. The van der Waals surface area contributed by atoms with E-state index in [4.69, 9.17) is 4.74 Å². The van der Waals surface area contributed by atoms with E-state index >= 15 is 0 Å². The maximum Gasteiger partial charge on any atom is 0.254 e. The number of hydrogen-bond acceptors (Lipinski definition) is 4. The molecule has 0 radical (unpaired) electrons. The normalized spacial score (nSPS) is 14.3. The maximum atomic E-state index is 12.7. The molecule has 25 heavy (non-hydrogen) atoms. The Morgan fingerprint density at radius 2 is 1.48 bits per heavy atom. The lowest BCUT2D eigenvalue weighted by Gasteiger charge is -2.35. The standard InChI is InChI=1S/C19H21N3O3/c1-14-13-16(3-4-17(14)25-2)19(24)22-11-9-21(10-12-22)18(23)15-5-7-20-8-6-15/h3-8,13H,9-12H2,1-2H3. The molecule has 0 saturated carbocycles. The smallest absolute Gasteiger partial charge is 0.254 e. The van der Waals surface area contributed by atoms with Gasteiger partial charge in [-0.1, -0.05) is 0 Å². The molecular weight excluding hydrogens is 318 g/mol. The van der Waals surface area contributed by atoms with Crippen molar-refractivity contribution in [2.75, 3.05) is 33.3 Å². The van der Waals surface area contributed by atoms with Crippen molar-refractivity contribution in [3.05, 3.63) is 59.4 Å². The highest BCUT2D eigenvalue weighted by molar-refractivity contribution is 5.96. The summed E-state index contributed by atoms with van der Waals surface area (Å²) in [7, 11) is 1.61. The van der Waals surface area contributed by atoms with Gasteiger partial charge in [-0.15, -0.1) is 0 Å². The van der Waals surface area contributed by atoms with E-state index in [-0.39, 0.29) is 11.8 Å². The molecule has 0 atom stereocenters. The van der Waals surface area contributed by atoms with Crippen molar-refractivity contribution in [2.45, 2.75) is 6.92 Å². The minimum atomic E-state index is -0.0187. The van der Waals surface area contributed by atoms with Crippen molar-refractivity contribution in [3.8, 4) is 5.75 Å². The molecule has 2 amide bonds. The van der Waals surface area contributed by atoms with E-state index in [9.17, 15) is 9.59 Å². The minimum Gasteiger partial charge on any atom is -0.496 e. The van der Waals surface area contributed by atoms with Crippen molar-refractivity contribution in [1.82, 2.24) is 14.8 Å². The second-order valence-electron chi connectivity index (χ2n) is 6.00. The highest BCUT2D eigenvalue weighted by atomic mass is 16.5. The molecule has 0 spiro atoms. The molecule has 1 aliphatic heterocycles. The zero-order valence-electron chi connectivity index (χ0n) is 14.4. The number of aromatic nitrogens is 1. The molecule has 1 aliphatic rings. The summed E-state index contributed by atoms with van der Waals surface area (Å²) in [6, 6.07) is 8.85. The first kappa shape index (κ1) is 17.0. The highest BCUT2D eigenvalue weighted by Crippen LogP contribution is 2.20. The summed E-state index contributed by atoms with van der Waals surface area (Å²) in [6.07, 6.45) is 3.22. The summed E-state index contributed by atoms with van der Waals surface area (Å²) in [6.45, 7) is 4.03. The van der Waals surface area contributed by atoms with Crippen molar-refractivity contribution < 1.29 is 14.3 Å². The molecule has 1 aromatic heterocycles. The minimum absolute atomic E-state index is 0.0123. The van der Waals surface area contributed by atoms with Crippen LogP contribution in [-0.2, 0) is 0 Å². The third-order valence-electron chi connectivity index (χ3n) is 4.42. The lowest BCUT2D eigenvalue weighted by Crippen LogP contribution is -2.50. The Morgan fingerprint density at radius 1 is 0.920 bits per heavy atom. The van der Waals surface area contributed by atoms with Gasteiger partial charge in [0.05, 0.1) is 7.11 Å². The van der Waals surface area contributed by atoms with Gasteiger partial charge in [-0.2, -0.15) is 0 Å². The summed E-state index contributed by atoms with van der Waals surface area (Å²) >= 11 is 0. The van der Waals surface area contributed by atoms with Crippen LogP contribution in [0, 0.1) is 6.92 Å². The van der Waals surface area contributed by atoms with Gasteiger partial charge >= 0.3 is 0 Å². The molecule has 6 nitrogen and oxygen atoms in total. The molecule has 2 aromatic rings.